The van der Waals surface area contributed by atoms with Gasteiger partial charge < -0.3 is 14.2 Å². The molecule has 2 fully saturated rings. The molecule has 0 aliphatic carbocycles. The molecule has 1 aromatic rings. The molecule has 2 unspecified atom stereocenters. The van der Waals surface area contributed by atoms with Crippen LogP contribution in [0.2, 0.25) is 0 Å². The zero-order chi connectivity index (χ0) is 13.9. The van der Waals surface area contributed by atoms with E-state index in [1.165, 1.54) is 0 Å². The molecule has 2 aliphatic heterocycles. The molecular weight excluding hydrogens is 258 g/mol. The molecule has 0 N–H and O–H groups in total. The molecule has 0 radical (unpaired) electrons. The largest absolute Gasteiger partial charge is 0.368 e. The average molecular weight is 275 g/mol. The molecule has 0 spiro atoms. The van der Waals surface area contributed by atoms with Crippen molar-refractivity contribution in [3.63, 3.8) is 0 Å². The van der Waals surface area contributed by atoms with E-state index in [4.69, 9.17) is 19.7 Å². The third kappa shape index (κ3) is 2.51. The molecule has 0 amide bonds. The van der Waals surface area contributed by atoms with E-state index in [1.807, 2.05) is 37.3 Å². The second-order valence-electron chi connectivity index (χ2n) is 5.19. The van der Waals surface area contributed by atoms with Gasteiger partial charge in [0, 0.05) is 4.91 Å². The summed E-state index contributed by atoms with van der Waals surface area (Å²) in [5.41, 5.74) is 9.82. The fourth-order valence-electron chi connectivity index (χ4n) is 2.74. The number of azide groups is 1. The third-order valence-corrected chi connectivity index (χ3v) is 3.93. The minimum Gasteiger partial charge on any atom is -0.368 e. The summed E-state index contributed by atoms with van der Waals surface area (Å²) >= 11 is 0. The van der Waals surface area contributed by atoms with Gasteiger partial charge in [-0.2, -0.15) is 0 Å². The first-order valence-electron chi connectivity index (χ1n) is 6.76. The lowest BCUT2D eigenvalue weighted by molar-refractivity contribution is -0.195. The molecule has 1 aromatic carbocycles. The van der Waals surface area contributed by atoms with Crippen molar-refractivity contribution in [2.24, 2.45) is 11.0 Å². The lowest BCUT2D eigenvalue weighted by Crippen LogP contribution is -2.49. The first-order chi connectivity index (χ1) is 9.79. The average Bonchev–Trinajstić information content (AvgIpc) is 2.92. The minimum atomic E-state index is -0.435. The zero-order valence-corrected chi connectivity index (χ0v) is 11.3. The van der Waals surface area contributed by atoms with Crippen molar-refractivity contribution in [3.8, 4) is 0 Å². The van der Waals surface area contributed by atoms with Gasteiger partial charge in [0.25, 0.3) is 0 Å². The Kier molecular flexibility index (Phi) is 3.89. The van der Waals surface area contributed by atoms with E-state index in [-0.39, 0.29) is 24.2 Å². The molecule has 6 heteroatoms. The van der Waals surface area contributed by atoms with Gasteiger partial charge in [0.1, 0.15) is 6.10 Å². The van der Waals surface area contributed by atoms with Crippen LogP contribution in [0.15, 0.2) is 35.4 Å². The smallest absolute Gasteiger partial charge is 0.184 e. The standard InChI is InChI=1S/C14H17N3O3/c1-9-11-8-19-14(20-11)13(12(9)16-17-15)18-7-10-5-3-2-4-6-10/h2-6,9,11-14H,7-8H2,1H3/t9-,11?,12+,13?,14+/m0/s1. The summed E-state index contributed by atoms with van der Waals surface area (Å²) in [6.45, 7) is 2.99. The molecule has 2 bridgehead atoms. The van der Waals surface area contributed by atoms with Gasteiger partial charge in [-0.1, -0.05) is 42.4 Å². The number of ether oxygens (including phenoxy) is 3. The fourth-order valence-corrected chi connectivity index (χ4v) is 2.74. The number of fused-ring (bicyclic) bond motifs is 2. The van der Waals surface area contributed by atoms with Gasteiger partial charge in [-0.05, 0) is 17.0 Å². The molecule has 0 saturated carbocycles. The summed E-state index contributed by atoms with van der Waals surface area (Å²) in [4.78, 5) is 2.95. The molecule has 2 aliphatic rings. The lowest BCUT2D eigenvalue weighted by atomic mass is 9.90. The van der Waals surface area contributed by atoms with Gasteiger partial charge in [0.05, 0.1) is 25.4 Å². The van der Waals surface area contributed by atoms with Crippen LogP contribution >= 0.6 is 0 Å². The maximum absolute atomic E-state index is 8.75. The van der Waals surface area contributed by atoms with E-state index in [0.717, 1.165) is 5.56 Å². The van der Waals surface area contributed by atoms with Crippen LogP contribution in [0, 0.1) is 5.92 Å². The fraction of sp³-hybridized carbons (Fsp3) is 0.571. The first-order valence-corrected chi connectivity index (χ1v) is 6.76. The number of hydrogen-bond acceptors (Lipinski definition) is 4. The normalized spacial score (nSPS) is 35.5. The van der Waals surface area contributed by atoms with Crippen molar-refractivity contribution < 1.29 is 14.2 Å². The van der Waals surface area contributed by atoms with Crippen molar-refractivity contribution in [1.82, 2.24) is 0 Å². The lowest BCUT2D eigenvalue weighted by Gasteiger charge is -2.36. The van der Waals surface area contributed by atoms with E-state index < -0.39 is 6.29 Å². The van der Waals surface area contributed by atoms with Crippen LogP contribution in [0.1, 0.15) is 12.5 Å². The number of benzene rings is 1. The summed E-state index contributed by atoms with van der Waals surface area (Å²) in [7, 11) is 0. The van der Waals surface area contributed by atoms with Gasteiger partial charge >= 0.3 is 0 Å². The molecule has 2 saturated heterocycles. The monoisotopic (exact) mass is 275 g/mol. The Hall–Kier alpha value is -1.59. The topological polar surface area (TPSA) is 76.5 Å². The maximum Gasteiger partial charge on any atom is 0.184 e. The SMILES string of the molecule is C[C@H]1C2CO[C@H](O2)C(OCc2ccccc2)[C@@H]1N=[N+]=[N-]. The predicted molar refractivity (Wildman–Crippen MR) is 71.7 cm³/mol. The molecule has 2 heterocycles. The molecule has 0 aromatic heterocycles. The van der Waals surface area contributed by atoms with Crippen molar-refractivity contribution in [3.05, 3.63) is 46.3 Å². The van der Waals surface area contributed by atoms with Gasteiger partial charge in [0.15, 0.2) is 6.29 Å². The van der Waals surface area contributed by atoms with Gasteiger partial charge in [-0.3, -0.25) is 0 Å². The molecule has 3 rings (SSSR count). The van der Waals surface area contributed by atoms with Crippen LogP contribution in [-0.4, -0.2) is 31.1 Å². The van der Waals surface area contributed by atoms with E-state index in [0.29, 0.717) is 13.2 Å². The van der Waals surface area contributed by atoms with E-state index in [2.05, 4.69) is 10.0 Å². The second kappa shape index (κ2) is 5.81. The van der Waals surface area contributed by atoms with Crippen LogP contribution in [-0.2, 0) is 20.8 Å². The Morgan fingerprint density at radius 2 is 2.20 bits per heavy atom. The van der Waals surface area contributed by atoms with Crippen LogP contribution in [0.25, 0.3) is 10.4 Å². The predicted octanol–water partition coefficient (Wildman–Crippen LogP) is 2.64. The Balaban J connectivity index is 1.73. The van der Waals surface area contributed by atoms with Crippen LogP contribution < -0.4 is 0 Å². The summed E-state index contributed by atoms with van der Waals surface area (Å²) in [5.74, 6) is 0.0884. The van der Waals surface area contributed by atoms with Crippen LogP contribution in [0.3, 0.4) is 0 Å². The highest BCUT2D eigenvalue weighted by Gasteiger charge is 2.49. The summed E-state index contributed by atoms with van der Waals surface area (Å²) in [6.07, 6.45) is -0.803. The minimum absolute atomic E-state index is 0.00734. The number of nitrogens with zero attached hydrogens (tertiary/aromatic N) is 3. The molecule has 5 atom stereocenters. The highest BCUT2D eigenvalue weighted by atomic mass is 16.7. The number of hydrogen-bond donors (Lipinski definition) is 0. The second-order valence-corrected chi connectivity index (χ2v) is 5.19. The third-order valence-electron chi connectivity index (χ3n) is 3.93. The maximum atomic E-state index is 8.75. The van der Waals surface area contributed by atoms with Crippen LogP contribution in [0.4, 0.5) is 0 Å². The molecule has 20 heavy (non-hydrogen) atoms. The highest BCUT2D eigenvalue weighted by molar-refractivity contribution is 5.13. The first kappa shape index (κ1) is 13.4. The number of rotatable bonds is 4. The highest BCUT2D eigenvalue weighted by Crippen LogP contribution is 2.35. The van der Waals surface area contributed by atoms with E-state index >= 15 is 0 Å². The van der Waals surface area contributed by atoms with Crippen molar-refractivity contribution in [2.75, 3.05) is 6.61 Å². The molecular formula is C14H17N3O3. The Morgan fingerprint density at radius 3 is 2.95 bits per heavy atom. The quantitative estimate of drug-likeness (QED) is 0.481. The Labute approximate surface area is 117 Å². The van der Waals surface area contributed by atoms with Crippen LogP contribution in [0.5, 0.6) is 0 Å². The summed E-state index contributed by atoms with van der Waals surface area (Å²) in [6, 6.07) is 9.62. The Bertz CT molecular complexity index is 504. The van der Waals surface area contributed by atoms with E-state index in [1.54, 1.807) is 0 Å². The molecule has 106 valence electrons. The zero-order valence-electron chi connectivity index (χ0n) is 11.3. The van der Waals surface area contributed by atoms with Crippen molar-refractivity contribution >= 4 is 0 Å². The van der Waals surface area contributed by atoms with E-state index in [9.17, 15) is 0 Å². The summed E-state index contributed by atoms with van der Waals surface area (Å²) in [5, 5.41) is 3.89. The van der Waals surface area contributed by atoms with Gasteiger partial charge in [-0.25, -0.2) is 0 Å². The van der Waals surface area contributed by atoms with Crippen molar-refractivity contribution in [1.29, 1.82) is 0 Å². The summed E-state index contributed by atoms with van der Waals surface area (Å²) < 4.78 is 17.3. The van der Waals surface area contributed by atoms with Crippen molar-refractivity contribution in [2.45, 2.75) is 38.1 Å². The van der Waals surface area contributed by atoms with Gasteiger partial charge in [0.2, 0.25) is 0 Å². The van der Waals surface area contributed by atoms with Gasteiger partial charge in [-0.15, -0.1) is 0 Å². The molecule has 6 nitrogen and oxygen atoms in total. The Morgan fingerprint density at radius 1 is 1.40 bits per heavy atom.